The van der Waals surface area contributed by atoms with Crippen molar-refractivity contribution in [1.29, 1.82) is 0 Å². The number of benzene rings is 2. The number of nitrogens with one attached hydrogen (secondary N) is 1. The normalized spacial score (nSPS) is 15.3. The lowest BCUT2D eigenvalue weighted by atomic mass is 10.1. The Balaban J connectivity index is 1.60. The number of anilines is 3. The van der Waals surface area contributed by atoms with Crippen molar-refractivity contribution in [3.63, 3.8) is 0 Å². The van der Waals surface area contributed by atoms with E-state index in [9.17, 15) is 4.79 Å². The fourth-order valence-corrected chi connectivity index (χ4v) is 3.36. The summed E-state index contributed by atoms with van der Waals surface area (Å²) in [6.45, 7) is 2.13. The molecule has 6 heteroatoms. The molecule has 0 saturated heterocycles. The molecule has 0 aliphatic carbocycles. The first-order chi connectivity index (χ1) is 13.2. The molecule has 1 aromatic heterocycles. The number of methoxy groups -OCH3 is 1. The molecule has 1 aliphatic rings. The number of ether oxygens (including phenoxy) is 1. The maximum atomic E-state index is 12.6. The van der Waals surface area contributed by atoms with E-state index in [0.717, 1.165) is 12.1 Å². The average Bonchev–Trinajstić information content (AvgIpc) is 3.04. The molecule has 6 nitrogen and oxygen atoms in total. The first-order valence-corrected chi connectivity index (χ1v) is 8.81. The smallest absolute Gasteiger partial charge is 0.274 e. The van der Waals surface area contributed by atoms with Gasteiger partial charge in [-0.25, -0.2) is 9.97 Å². The van der Waals surface area contributed by atoms with Crippen LogP contribution in [-0.2, 0) is 6.42 Å². The minimum absolute atomic E-state index is 0.235. The maximum absolute atomic E-state index is 12.6. The highest BCUT2D eigenvalue weighted by Gasteiger charge is 2.29. The van der Waals surface area contributed by atoms with Gasteiger partial charge in [0, 0.05) is 29.7 Å². The second-order valence-electron chi connectivity index (χ2n) is 6.48. The molecule has 0 spiro atoms. The first kappa shape index (κ1) is 17.0. The summed E-state index contributed by atoms with van der Waals surface area (Å²) in [7, 11) is 1.59. The van der Waals surface area contributed by atoms with Crippen molar-refractivity contribution in [2.75, 3.05) is 17.3 Å². The van der Waals surface area contributed by atoms with E-state index in [1.165, 1.54) is 5.56 Å². The monoisotopic (exact) mass is 360 g/mol. The van der Waals surface area contributed by atoms with Crippen molar-refractivity contribution in [1.82, 2.24) is 9.97 Å². The molecule has 1 unspecified atom stereocenters. The number of para-hydroxylation sites is 1. The van der Waals surface area contributed by atoms with E-state index in [0.29, 0.717) is 23.1 Å². The predicted octanol–water partition coefficient (Wildman–Crippen LogP) is 3.82. The molecule has 0 fully saturated rings. The third-order valence-electron chi connectivity index (χ3n) is 4.63. The number of nitrogens with zero attached hydrogens (tertiary/aromatic N) is 3. The van der Waals surface area contributed by atoms with Gasteiger partial charge in [-0.1, -0.05) is 24.3 Å². The van der Waals surface area contributed by atoms with Gasteiger partial charge in [0.15, 0.2) is 0 Å². The fraction of sp³-hybridized carbons (Fsp3) is 0.190. The molecule has 0 saturated carbocycles. The van der Waals surface area contributed by atoms with Crippen LogP contribution in [0.15, 0.2) is 60.8 Å². The van der Waals surface area contributed by atoms with Gasteiger partial charge in [0.1, 0.15) is 11.4 Å². The highest BCUT2D eigenvalue weighted by molar-refractivity contribution is 6.03. The summed E-state index contributed by atoms with van der Waals surface area (Å²) in [6.07, 6.45) is 2.55. The van der Waals surface area contributed by atoms with Gasteiger partial charge >= 0.3 is 0 Å². The third kappa shape index (κ3) is 3.33. The van der Waals surface area contributed by atoms with Gasteiger partial charge < -0.3 is 15.0 Å². The number of rotatable bonds is 4. The summed E-state index contributed by atoms with van der Waals surface area (Å²) in [6, 6.07) is 17.3. The largest absolute Gasteiger partial charge is 0.497 e. The van der Waals surface area contributed by atoms with E-state index < -0.39 is 0 Å². The lowest BCUT2D eigenvalue weighted by Gasteiger charge is -2.22. The van der Waals surface area contributed by atoms with E-state index in [2.05, 4.69) is 39.2 Å². The summed E-state index contributed by atoms with van der Waals surface area (Å²) in [5, 5.41) is 2.85. The molecule has 0 radical (unpaired) electrons. The number of fused-ring (bicyclic) bond motifs is 1. The number of amides is 1. The quantitative estimate of drug-likeness (QED) is 0.766. The van der Waals surface area contributed by atoms with Gasteiger partial charge in [-0.05, 0) is 43.2 Å². The van der Waals surface area contributed by atoms with Gasteiger partial charge in [-0.15, -0.1) is 0 Å². The summed E-state index contributed by atoms with van der Waals surface area (Å²) in [4.78, 5) is 23.6. The minimum Gasteiger partial charge on any atom is -0.497 e. The Hall–Kier alpha value is -3.41. The molecular formula is C21H20N4O2. The van der Waals surface area contributed by atoms with E-state index in [1.54, 1.807) is 31.5 Å². The summed E-state index contributed by atoms with van der Waals surface area (Å²) < 4.78 is 5.19. The van der Waals surface area contributed by atoms with E-state index in [4.69, 9.17) is 4.74 Å². The van der Waals surface area contributed by atoms with E-state index >= 15 is 0 Å². The maximum Gasteiger partial charge on any atom is 0.274 e. The van der Waals surface area contributed by atoms with Crippen molar-refractivity contribution in [2.45, 2.75) is 19.4 Å². The Morgan fingerprint density at radius 3 is 2.89 bits per heavy atom. The Labute approximate surface area is 157 Å². The molecule has 3 aromatic rings. The summed E-state index contributed by atoms with van der Waals surface area (Å²) in [5.74, 6) is 0.927. The second-order valence-corrected chi connectivity index (χ2v) is 6.48. The van der Waals surface area contributed by atoms with Crippen LogP contribution in [0.3, 0.4) is 0 Å². The molecule has 1 N–H and O–H groups in total. The van der Waals surface area contributed by atoms with Crippen LogP contribution in [0, 0.1) is 0 Å². The van der Waals surface area contributed by atoms with Crippen LogP contribution in [0.25, 0.3) is 0 Å². The summed E-state index contributed by atoms with van der Waals surface area (Å²) in [5.41, 5.74) is 3.33. The highest BCUT2D eigenvalue weighted by atomic mass is 16.5. The number of hydrogen-bond acceptors (Lipinski definition) is 5. The lowest BCUT2D eigenvalue weighted by molar-refractivity contribution is 0.102. The molecule has 27 heavy (non-hydrogen) atoms. The lowest BCUT2D eigenvalue weighted by Crippen LogP contribution is -2.26. The van der Waals surface area contributed by atoms with Gasteiger partial charge in [-0.2, -0.15) is 0 Å². The third-order valence-corrected chi connectivity index (χ3v) is 4.63. The Morgan fingerprint density at radius 2 is 2.04 bits per heavy atom. The predicted molar refractivity (Wildman–Crippen MR) is 105 cm³/mol. The summed E-state index contributed by atoms with van der Waals surface area (Å²) >= 11 is 0. The number of aromatic nitrogens is 2. The van der Waals surface area contributed by atoms with Crippen LogP contribution >= 0.6 is 0 Å². The molecule has 136 valence electrons. The van der Waals surface area contributed by atoms with Crippen molar-refractivity contribution in [3.05, 3.63) is 72.1 Å². The molecule has 2 aromatic carbocycles. The van der Waals surface area contributed by atoms with Crippen LogP contribution in [-0.4, -0.2) is 29.0 Å². The Kier molecular flexibility index (Phi) is 4.46. The first-order valence-electron chi connectivity index (χ1n) is 8.81. The number of carbonyl (C=O) groups excluding carboxylic acids is 1. The topological polar surface area (TPSA) is 67.3 Å². The molecular weight excluding hydrogens is 340 g/mol. The molecule has 4 rings (SSSR count). The zero-order chi connectivity index (χ0) is 18.8. The molecule has 1 amide bonds. The van der Waals surface area contributed by atoms with Crippen molar-refractivity contribution >= 4 is 23.2 Å². The minimum atomic E-state index is -0.285. The van der Waals surface area contributed by atoms with E-state index in [1.807, 2.05) is 24.3 Å². The van der Waals surface area contributed by atoms with Crippen molar-refractivity contribution in [2.24, 2.45) is 0 Å². The SMILES string of the molecule is COc1cccc(NC(=O)c2ccnc(N3c4ccccc4CC3C)n2)c1. The Bertz CT molecular complexity index is 989. The molecule has 1 atom stereocenters. The van der Waals surface area contributed by atoms with E-state index in [-0.39, 0.29) is 11.9 Å². The van der Waals surface area contributed by atoms with Crippen LogP contribution in [0.4, 0.5) is 17.3 Å². The van der Waals surface area contributed by atoms with Gasteiger partial charge in [-0.3, -0.25) is 4.79 Å². The zero-order valence-electron chi connectivity index (χ0n) is 15.2. The molecule has 1 aliphatic heterocycles. The van der Waals surface area contributed by atoms with Crippen LogP contribution < -0.4 is 15.0 Å². The number of hydrogen-bond donors (Lipinski definition) is 1. The Morgan fingerprint density at radius 1 is 1.19 bits per heavy atom. The van der Waals surface area contributed by atoms with Crippen LogP contribution in [0.2, 0.25) is 0 Å². The fourth-order valence-electron chi connectivity index (χ4n) is 3.36. The number of carbonyl (C=O) groups is 1. The van der Waals surface area contributed by atoms with Gasteiger partial charge in [0.2, 0.25) is 5.95 Å². The highest BCUT2D eigenvalue weighted by Crippen LogP contribution is 2.36. The van der Waals surface area contributed by atoms with Crippen molar-refractivity contribution in [3.8, 4) is 5.75 Å². The molecule has 0 bridgehead atoms. The molecule has 2 heterocycles. The second kappa shape index (κ2) is 7.07. The average molecular weight is 360 g/mol. The zero-order valence-corrected chi connectivity index (χ0v) is 15.2. The van der Waals surface area contributed by atoms with Crippen LogP contribution in [0.5, 0.6) is 5.75 Å². The standard InChI is InChI=1S/C21H20N4O2/c1-14-12-15-6-3-4-9-19(15)25(14)21-22-11-10-18(24-21)20(26)23-16-7-5-8-17(13-16)27-2/h3-11,13-14H,12H2,1-2H3,(H,23,26). The van der Waals surface area contributed by atoms with Gasteiger partial charge in [0.25, 0.3) is 5.91 Å². The van der Waals surface area contributed by atoms with Gasteiger partial charge in [0.05, 0.1) is 7.11 Å². The van der Waals surface area contributed by atoms with Crippen molar-refractivity contribution < 1.29 is 9.53 Å². The van der Waals surface area contributed by atoms with Crippen LogP contribution in [0.1, 0.15) is 23.0 Å².